The van der Waals surface area contributed by atoms with E-state index in [1.165, 1.54) is 11.3 Å². The fraction of sp³-hybridized carbons (Fsp3) is 0.250. The van der Waals surface area contributed by atoms with E-state index in [2.05, 4.69) is 15.1 Å². The third-order valence-electron chi connectivity index (χ3n) is 5.39. The van der Waals surface area contributed by atoms with Crippen molar-refractivity contribution in [2.75, 3.05) is 13.1 Å². The summed E-state index contributed by atoms with van der Waals surface area (Å²) in [4.78, 5) is 24.2. The molecule has 0 saturated carbocycles. The van der Waals surface area contributed by atoms with Gasteiger partial charge in [-0.15, -0.1) is 11.3 Å². The number of carbonyl (C=O) groups excluding carboxylic acids is 1. The van der Waals surface area contributed by atoms with Crippen molar-refractivity contribution in [2.45, 2.75) is 26.4 Å². The van der Waals surface area contributed by atoms with Crippen LogP contribution in [0.3, 0.4) is 0 Å². The average Bonchev–Trinajstić information content (AvgIpc) is 3.55. The summed E-state index contributed by atoms with van der Waals surface area (Å²) in [5, 5.41) is 5.00. The highest BCUT2D eigenvalue weighted by atomic mass is 32.1. The van der Waals surface area contributed by atoms with Gasteiger partial charge in [0.2, 0.25) is 5.82 Å². The first-order chi connectivity index (χ1) is 15.6. The second-order valence-electron chi connectivity index (χ2n) is 7.74. The van der Waals surface area contributed by atoms with Gasteiger partial charge >= 0.3 is 0 Å². The number of hydrogen-bond acceptors (Lipinski definition) is 7. The molecule has 0 radical (unpaired) electrons. The Hall–Kier alpha value is -3.52. The van der Waals surface area contributed by atoms with Crippen LogP contribution in [0.15, 0.2) is 59.1 Å². The van der Waals surface area contributed by atoms with Gasteiger partial charge in [-0.3, -0.25) is 4.79 Å². The highest BCUT2D eigenvalue weighted by molar-refractivity contribution is 7.13. The van der Waals surface area contributed by atoms with Crippen LogP contribution in [0, 0.1) is 13.8 Å². The van der Waals surface area contributed by atoms with Gasteiger partial charge in [-0.2, -0.15) is 4.98 Å². The fourth-order valence-corrected chi connectivity index (χ4v) is 4.68. The number of aryl methyl sites for hydroxylation is 2. The molecule has 0 bridgehead atoms. The molecule has 2 aromatic carbocycles. The predicted octanol–water partition coefficient (Wildman–Crippen LogP) is 4.77. The van der Waals surface area contributed by atoms with Crippen LogP contribution < -0.4 is 4.74 Å². The van der Waals surface area contributed by atoms with Gasteiger partial charge in [-0.25, -0.2) is 4.98 Å². The van der Waals surface area contributed by atoms with Crippen LogP contribution in [-0.4, -0.2) is 45.1 Å². The standard InChI is InChI=1S/C24H22N4O3S/c1-15-21(32-16(2)25-15)24(29)28-13-12-20(14-28)30-19-10-8-17(9-11-19)22-26-23(31-27-22)18-6-4-3-5-7-18/h3-11,20H,12-14H2,1-2H3. The molecule has 1 amide bonds. The molecule has 0 spiro atoms. The van der Waals surface area contributed by atoms with Crippen molar-refractivity contribution in [1.82, 2.24) is 20.0 Å². The summed E-state index contributed by atoms with van der Waals surface area (Å²) in [5.41, 5.74) is 2.53. The number of ether oxygens (including phenoxy) is 1. The quantitative estimate of drug-likeness (QED) is 0.439. The molecule has 2 aromatic heterocycles. The van der Waals surface area contributed by atoms with Crippen molar-refractivity contribution >= 4 is 17.2 Å². The molecular formula is C24H22N4O3S. The second kappa shape index (κ2) is 8.55. The normalized spacial score (nSPS) is 15.8. The molecule has 5 rings (SSSR count). The maximum atomic E-state index is 12.8. The summed E-state index contributed by atoms with van der Waals surface area (Å²) in [6, 6.07) is 17.3. The van der Waals surface area contributed by atoms with Crippen molar-refractivity contribution in [3.8, 4) is 28.6 Å². The van der Waals surface area contributed by atoms with Crippen LogP contribution >= 0.6 is 11.3 Å². The van der Waals surface area contributed by atoms with Crippen molar-refractivity contribution in [2.24, 2.45) is 0 Å². The SMILES string of the molecule is Cc1nc(C)c(C(=O)N2CCC(Oc3ccc(-c4noc(-c5ccccc5)n4)cc3)C2)s1. The first-order valence-corrected chi connectivity index (χ1v) is 11.3. The minimum atomic E-state index is -0.0333. The molecule has 3 heterocycles. The Morgan fingerprint density at radius 2 is 1.84 bits per heavy atom. The minimum absolute atomic E-state index is 0.0333. The molecule has 1 aliphatic rings. The molecule has 8 heteroatoms. The summed E-state index contributed by atoms with van der Waals surface area (Å²) >= 11 is 1.45. The third kappa shape index (κ3) is 4.13. The zero-order chi connectivity index (χ0) is 22.1. The van der Waals surface area contributed by atoms with Gasteiger partial charge in [0.15, 0.2) is 0 Å². The van der Waals surface area contributed by atoms with E-state index in [0.29, 0.717) is 24.8 Å². The van der Waals surface area contributed by atoms with E-state index in [1.54, 1.807) is 0 Å². The molecule has 1 atom stereocenters. The van der Waals surface area contributed by atoms with E-state index in [9.17, 15) is 4.79 Å². The summed E-state index contributed by atoms with van der Waals surface area (Å²) < 4.78 is 11.5. The second-order valence-corrected chi connectivity index (χ2v) is 8.94. The summed E-state index contributed by atoms with van der Waals surface area (Å²) in [6.45, 7) is 5.06. The highest BCUT2D eigenvalue weighted by Crippen LogP contribution is 2.26. The maximum absolute atomic E-state index is 12.8. The third-order valence-corrected chi connectivity index (χ3v) is 6.45. The molecule has 1 saturated heterocycles. The zero-order valence-corrected chi connectivity index (χ0v) is 18.6. The topological polar surface area (TPSA) is 81.4 Å². The Morgan fingerprint density at radius 1 is 1.06 bits per heavy atom. The van der Waals surface area contributed by atoms with E-state index in [4.69, 9.17) is 9.26 Å². The largest absolute Gasteiger partial charge is 0.489 e. The van der Waals surface area contributed by atoms with E-state index >= 15 is 0 Å². The smallest absolute Gasteiger partial charge is 0.265 e. The van der Waals surface area contributed by atoms with Gasteiger partial charge in [0, 0.05) is 24.1 Å². The molecule has 162 valence electrons. The summed E-state index contributed by atoms with van der Waals surface area (Å²) in [7, 11) is 0. The average molecular weight is 447 g/mol. The lowest BCUT2D eigenvalue weighted by Gasteiger charge is -2.17. The number of thiazole rings is 1. The number of hydrogen-bond donors (Lipinski definition) is 0. The zero-order valence-electron chi connectivity index (χ0n) is 17.8. The first-order valence-electron chi connectivity index (χ1n) is 10.5. The van der Waals surface area contributed by atoms with E-state index in [0.717, 1.165) is 38.9 Å². The van der Waals surface area contributed by atoms with Crippen molar-refractivity contribution in [3.05, 3.63) is 70.2 Å². The molecule has 0 N–H and O–H groups in total. The Morgan fingerprint density at radius 3 is 2.56 bits per heavy atom. The lowest BCUT2D eigenvalue weighted by atomic mass is 10.2. The molecule has 1 fully saturated rings. The number of benzene rings is 2. The van der Waals surface area contributed by atoms with Crippen LogP contribution in [0.25, 0.3) is 22.8 Å². The molecule has 7 nitrogen and oxygen atoms in total. The summed E-state index contributed by atoms with van der Waals surface area (Å²) in [6.07, 6.45) is 0.768. The number of rotatable bonds is 5. The van der Waals surface area contributed by atoms with E-state index in [-0.39, 0.29) is 12.0 Å². The van der Waals surface area contributed by atoms with Crippen LogP contribution in [0.2, 0.25) is 0 Å². The van der Waals surface area contributed by atoms with Gasteiger partial charge < -0.3 is 14.2 Å². The van der Waals surface area contributed by atoms with Gasteiger partial charge in [0.25, 0.3) is 11.8 Å². The first kappa shape index (κ1) is 20.4. The number of aromatic nitrogens is 3. The minimum Gasteiger partial charge on any atom is -0.489 e. The molecule has 4 aromatic rings. The van der Waals surface area contributed by atoms with Crippen LogP contribution in [0.1, 0.15) is 26.8 Å². The van der Waals surface area contributed by atoms with Gasteiger partial charge in [-0.05, 0) is 50.2 Å². The van der Waals surface area contributed by atoms with E-state index < -0.39 is 0 Å². The number of carbonyl (C=O) groups is 1. The predicted molar refractivity (Wildman–Crippen MR) is 122 cm³/mol. The Balaban J connectivity index is 1.22. The van der Waals surface area contributed by atoms with Crippen LogP contribution in [0.4, 0.5) is 0 Å². The Labute approximate surface area is 189 Å². The Bertz CT molecular complexity index is 1230. The van der Waals surface area contributed by atoms with Crippen molar-refractivity contribution in [1.29, 1.82) is 0 Å². The lowest BCUT2D eigenvalue weighted by molar-refractivity contribution is 0.0776. The Kier molecular flexibility index (Phi) is 5.45. The number of nitrogens with zero attached hydrogens (tertiary/aromatic N) is 4. The molecule has 0 aliphatic carbocycles. The molecular weight excluding hydrogens is 424 g/mol. The molecule has 32 heavy (non-hydrogen) atoms. The number of amides is 1. The fourth-order valence-electron chi connectivity index (χ4n) is 3.80. The number of likely N-dealkylation sites (tertiary alicyclic amines) is 1. The maximum Gasteiger partial charge on any atom is 0.265 e. The monoisotopic (exact) mass is 446 g/mol. The van der Waals surface area contributed by atoms with E-state index in [1.807, 2.05) is 73.3 Å². The van der Waals surface area contributed by atoms with Crippen LogP contribution in [-0.2, 0) is 0 Å². The summed E-state index contributed by atoms with van der Waals surface area (Å²) in [5.74, 6) is 1.82. The van der Waals surface area contributed by atoms with Crippen molar-refractivity contribution in [3.63, 3.8) is 0 Å². The van der Waals surface area contributed by atoms with Gasteiger partial charge in [-0.1, -0.05) is 23.4 Å². The van der Waals surface area contributed by atoms with Gasteiger partial charge in [0.05, 0.1) is 17.2 Å². The highest BCUT2D eigenvalue weighted by Gasteiger charge is 2.30. The van der Waals surface area contributed by atoms with Crippen LogP contribution in [0.5, 0.6) is 5.75 Å². The van der Waals surface area contributed by atoms with Crippen molar-refractivity contribution < 1.29 is 14.1 Å². The van der Waals surface area contributed by atoms with Gasteiger partial charge in [0.1, 0.15) is 16.7 Å². The molecule has 1 unspecified atom stereocenters. The molecule has 1 aliphatic heterocycles. The lowest BCUT2D eigenvalue weighted by Crippen LogP contribution is -2.30.